The lowest BCUT2D eigenvalue weighted by molar-refractivity contribution is 0.0990. The fraction of sp³-hybridized carbons (Fsp3) is 0.474. The van der Waals surface area contributed by atoms with Gasteiger partial charge >= 0.3 is 0 Å². The summed E-state index contributed by atoms with van der Waals surface area (Å²) in [7, 11) is 0. The zero-order valence-corrected chi connectivity index (χ0v) is 14.7. The molecule has 0 aliphatic carbocycles. The third kappa shape index (κ3) is 2.44. The summed E-state index contributed by atoms with van der Waals surface area (Å²) in [5.74, 6) is 0.865. The van der Waals surface area contributed by atoms with Crippen LogP contribution < -0.4 is 4.90 Å². The summed E-state index contributed by atoms with van der Waals surface area (Å²) in [5, 5.41) is 4.12. The van der Waals surface area contributed by atoms with Crippen molar-refractivity contribution >= 4 is 17.1 Å². The summed E-state index contributed by atoms with van der Waals surface area (Å²) >= 11 is 0. The number of anilines is 1. The van der Waals surface area contributed by atoms with Gasteiger partial charge in [0.25, 0.3) is 0 Å². The number of benzene rings is 1. The Bertz CT molecular complexity index is 803. The van der Waals surface area contributed by atoms with Crippen LogP contribution in [0.2, 0.25) is 0 Å². The van der Waals surface area contributed by atoms with Gasteiger partial charge in [-0.3, -0.25) is 4.99 Å². The van der Waals surface area contributed by atoms with Gasteiger partial charge in [0.15, 0.2) is 0 Å². The molecule has 5 nitrogen and oxygen atoms in total. The van der Waals surface area contributed by atoms with E-state index in [0.29, 0.717) is 6.04 Å². The fourth-order valence-corrected chi connectivity index (χ4v) is 3.79. The number of aliphatic imine (C=N–C) groups is 1. The molecule has 0 bridgehead atoms. The number of hydrogen-bond acceptors (Lipinski definition) is 5. The van der Waals surface area contributed by atoms with Crippen LogP contribution in [0.4, 0.5) is 11.4 Å². The van der Waals surface area contributed by atoms with Crippen molar-refractivity contribution in [1.82, 2.24) is 5.16 Å². The van der Waals surface area contributed by atoms with Gasteiger partial charge in [-0.2, -0.15) is 0 Å². The highest BCUT2D eigenvalue weighted by molar-refractivity contribution is 5.97. The molecular formula is C19H23N3O2. The Morgan fingerprint density at radius 2 is 2.04 bits per heavy atom. The monoisotopic (exact) mass is 325 g/mol. The predicted molar refractivity (Wildman–Crippen MR) is 95.5 cm³/mol. The van der Waals surface area contributed by atoms with Crippen LogP contribution in [-0.4, -0.2) is 36.7 Å². The molecule has 5 heteroatoms. The highest BCUT2D eigenvalue weighted by atomic mass is 16.5. The molecule has 0 radical (unpaired) electrons. The van der Waals surface area contributed by atoms with E-state index in [-0.39, 0.29) is 0 Å². The second-order valence-electron chi connectivity index (χ2n) is 6.84. The molecule has 4 rings (SSSR count). The average molecular weight is 325 g/mol. The molecule has 1 saturated heterocycles. The Hall–Kier alpha value is -2.14. The van der Waals surface area contributed by atoms with Crippen LogP contribution in [0.25, 0.3) is 11.1 Å². The second-order valence-corrected chi connectivity index (χ2v) is 6.84. The Balaban J connectivity index is 1.88. The molecule has 126 valence electrons. The zero-order valence-electron chi connectivity index (χ0n) is 14.7. The standard InChI is InChI=1S/C19H23N3O2/c1-11-7-16-8-15(18-13(3)21-24-14(18)4)9-17(19(16)20-11)22-5-6-23-10-12(22)2/h8-9,12H,5-7,10H2,1-4H3. The fourth-order valence-electron chi connectivity index (χ4n) is 3.79. The van der Waals surface area contributed by atoms with Crippen LogP contribution in [-0.2, 0) is 11.2 Å². The van der Waals surface area contributed by atoms with Gasteiger partial charge in [-0.1, -0.05) is 5.16 Å². The molecule has 3 heterocycles. The topological polar surface area (TPSA) is 50.9 Å². The van der Waals surface area contributed by atoms with Crippen molar-refractivity contribution in [3.8, 4) is 11.1 Å². The lowest BCUT2D eigenvalue weighted by atomic mass is 9.97. The number of ether oxygens (including phenoxy) is 1. The van der Waals surface area contributed by atoms with E-state index in [9.17, 15) is 0 Å². The molecule has 1 unspecified atom stereocenters. The Morgan fingerprint density at radius 1 is 1.21 bits per heavy atom. The number of aryl methyl sites for hydroxylation is 2. The normalized spacial score (nSPS) is 20.2. The summed E-state index contributed by atoms with van der Waals surface area (Å²) in [4.78, 5) is 7.25. The van der Waals surface area contributed by atoms with E-state index in [4.69, 9.17) is 14.3 Å². The van der Waals surface area contributed by atoms with E-state index < -0.39 is 0 Å². The predicted octanol–water partition coefficient (Wildman–Crippen LogP) is 3.83. The lowest BCUT2D eigenvalue weighted by Crippen LogP contribution is -2.43. The molecule has 0 saturated carbocycles. The molecule has 0 amide bonds. The minimum Gasteiger partial charge on any atom is -0.377 e. The number of morpholine rings is 1. The molecule has 2 aromatic rings. The molecule has 1 aromatic carbocycles. The van der Waals surface area contributed by atoms with E-state index in [2.05, 4.69) is 36.0 Å². The number of fused-ring (bicyclic) bond motifs is 1. The van der Waals surface area contributed by atoms with Gasteiger partial charge in [0.05, 0.1) is 30.3 Å². The van der Waals surface area contributed by atoms with Crippen molar-refractivity contribution < 1.29 is 9.26 Å². The first-order chi connectivity index (χ1) is 11.5. The molecule has 1 aromatic heterocycles. The van der Waals surface area contributed by atoms with Gasteiger partial charge in [0.1, 0.15) is 5.76 Å². The second kappa shape index (κ2) is 5.74. The third-order valence-corrected chi connectivity index (χ3v) is 4.92. The van der Waals surface area contributed by atoms with E-state index in [0.717, 1.165) is 48.9 Å². The number of nitrogens with zero attached hydrogens (tertiary/aromatic N) is 3. The van der Waals surface area contributed by atoms with Gasteiger partial charge in [-0.15, -0.1) is 0 Å². The highest BCUT2D eigenvalue weighted by Crippen LogP contribution is 2.42. The largest absolute Gasteiger partial charge is 0.377 e. The molecule has 1 atom stereocenters. The van der Waals surface area contributed by atoms with Gasteiger partial charge in [0, 0.05) is 30.3 Å². The summed E-state index contributed by atoms with van der Waals surface area (Å²) in [6.45, 7) is 10.7. The van der Waals surface area contributed by atoms with E-state index in [1.165, 1.54) is 22.5 Å². The molecule has 24 heavy (non-hydrogen) atoms. The Labute approximate surface area is 142 Å². The van der Waals surface area contributed by atoms with Crippen molar-refractivity contribution in [2.75, 3.05) is 24.7 Å². The first-order valence-electron chi connectivity index (χ1n) is 8.53. The van der Waals surface area contributed by atoms with Gasteiger partial charge in [-0.25, -0.2) is 0 Å². The Kier molecular flexibility index (Phi) is 3.68. The smallest absolute Gasteiger partial charge is 0.141 e. The van der Waals surface area contributed by atoms with Crippen molar-refractivity contribution in [3.63, 3.8) is 0 Å². The Morgan fingerprint density at radius 3 is 2.75 bits per heavy atom. The van der Waals surface area contributed by atoms with Crippen molar-refractivity contribution in [2.45, 2.75) is 40.2 Å². The van der Waals surface area contributed by atoms with Gasteiger partial charge in [-0.05, 0) is 51.0 Å². The number of rotatable bonds is 2. The van der Waals surface area contributed by atoms with Crippen LogP contribution in [0.3, 0.4) is 0 Å². The van der Waals surface area contributed by atoms with Crippen LogP contribution in [0, 0.1) is 13.8 Å². The average Bonchev–Trinajstić information content (AvgIpc) is 3.08. The minimum atomic E-state index is 0.346. The lowest BCUT2D eigenvalue weighted by Gasteiger charge is -2.36. The van der Waals surface area contributed by atoms with E-state index in [1.54, 1.807) is 0 Å². The maximum absolute atomic E-state index is 5.61. The maximum atomic E-state index is 5.61. The number of aromatic nitrogens is 1. The van der Waals surface area contributed by atoms with Crippen LogP contribution in [0.5, 0.6) is 0 Å². The molecule has 0 N–H and O–H groups in total. The van der Waals surface area contributed by atoms with Crippen LogP contribution in [0.1, 0.15) is 30.9 Å². The van der Waals surface area contributed by atoms with Crippen molar-refractivity contribution in [2.24, 2.45) is 4.99 Å². The maximum Gasteiger partial charge on any atom is 0.141 e. The molecule has 2 aliphatic heterocycles. The third-order valence-electron chi connectivity index (χ3n) is 4.92. The number of hydrogen-bond donors (Lipinski definition) is 0. The summed E-state index contributed by atoms with van der Waals surface area (Å²) in [5.41, 5.74) is 7.99. The molecule has 0 spiro atoms. The molecule has 1 fully saturated rings. The SMILES string of the molecule is CC1=Nc2c(cc(-c3c(C)noc3C)cc2N2CCOCC2C)C1. The molecule has 2 aliphatic rings. The van der Waals surface area contributed by atoms with Crippen molar-refractivity contribution in [1.29, 1.82) is 0 Å². The summed E-state index contributed by atoms with van der Waals surface area (Å²) in [6, 6.07) is 4.84. The zero-order chi connectivity index (χ0) is 16.8. The molecular weight excluding hydrogens is 302 g/mol. The highest BCUT2D eigenvalue weighted by Gasteiger charge is 2.27. The quantitative estimate of drug-likeness (QED) is 0.842. The summed E-state index contributed by atoms with van der Waals surface area (Å²) in [6.07, 6.45) is 0.915. The summed E-state index contributed by atoms with van der Waals surface area (Å²) < 4.78 is 11.0. The van der Waals surface area contributed by atoms with E-state index >= 15 is 0 Å². The van der Waals surface area contributed by atoms with Gasteiger partial charge in [0.2, 0.25) is 0 Å². The first-order valence-corrected chi connectivity index (χ1v) is 8.53. The van der Waals surface area contributed by atoms with Gasteiger partial charge < -0.3 is 14.2 Å². The minimum absolute atomic E-state index is 0.346. The van der Waals surface area contributed by atoms with Crippen molar-refractivity contribution in [3.05, 3.63) is 29.2 Å². The van der Waals surface area contributed by atoms with Crippen LogP contribution >= 0.6 is 0 Å². The van der Waals surface area contributed by atoms with Crippen LogP contribution in [0.15, 0.2) is 21.6 Å². The first kappa shape index (κ1) is 15.4. The van der Waals surface area contributed by atoms with E-state index in [1.807, 2.05) is 13.8 Å².